The molecule has 0 bridgehead atoms. The first-order valence-corrected chi connectivity index (χ1v) is 9.85. The van der Waals surface area contributed by atoms with Gasteiger partial charge in [-0.2, -0.15) is 0 Å². The Balaban J connectivity index is 1.92. The highest BCUT2D eigenvalue weighted by molar-refractivity contribution is 7.90. The maximum Gasteiger partial charge on any atom is 0.248 e. The molecule has 0 saturated heterocycles. The molecule has 1 aromatic heterocycles. The third kappa shape index (κ3) is 4.57. The molecule has 1 amide bonds. The van der Waals surface area contributed by atoms with Crippen LogP contribution in [0.1, 0.15) is 10.4 Å². The van der Waals surface area contributed by atoms with Gasteiger partial charge in [0, 0.05) is 24.0 Å². The van der Waals surface area contributed by atoms with Crippen molar-refractivity contribution in [2.75, 3.05) is 6.26 Å². The largest absolute Gasteiger partial charge is 0.506 e. The van der Waals surface area contributed by atoms with Gasteiger partial charge in [-0.05, 0) is 36.4 Å². The molecule has 8 nitrogen and oxygen atoms in total. The van der Waals surface area contributed by atoms with Gasteiger partial charge in [0.2, 0.25) is 5.91 Å². The molecular weight excluding hydrogens is 384 g/mol. The first-order chi connectivity index (χ1) is 13.2. The maximum atomic E-state index is 12.2. The van der Waals surface area contributed by atoms with E-state index >= 15 is 0 Å². The Kier molecular flexibility index (Phi) is 5.18. The van der Waals surface area contributed by atoms with Crippen molar-refractivity contribution in [3.05, 3.63) is 66.5 Å². The SMILES string of the molecule is CS(=O)(=O)c1cc(Oc2cncc(O)c2)ccc1Oc1ccc(C(N)=O)cc1. The summed E-state index contributed by atoms with van der Waals surface area (Å²) in [7, 11) is -3.64. The second-order valence-corrected chi connectivity index (χ2v) is 7.84. The van der Waals surface area contributed by atoms with Crippen molar-refractivity contribution in [1.82, 2.24) is 4.98 Å². The van der Waals surface area contributed by atoms with Crippen molar-refractivity contribution in [1.29, 1.82) is 0 Å². The zero-order valence-corrected chi connectivity index (χ0v) is 15.5. The molecule has 0 unspecified atom stereocenters. The number of carbonyl (C=O) groups excluding carboxylic acids is 1. The predicted octanol–water partition coefficient (Wildman–Crippen LogP) is 2.87. The molecular formula is C19H16N2O6S. The first kappa shape index (κ1) is 19.2. The molecule has 0 atom stereocenters. The lowest BCUT2D eigenvalue weighted by atomic mass is 10.2. The summed E-state index contributed by atoms with van der Waals surface area (Å²) < 4.78 is 35.6. The number of amides is 1. The van der Waals surface area contributed by atoms with E-state index in [1.165, 1.54) is 60.9 Å². The van der Waals surface area contributed by atoms with Crippen LogP contribution in [0.5, 0.6) is 28.7 Å². The van der Waals surface area contributed by atoms with E-state index in [1.54, 1.807) is 0 Å². The summed E-state index contributed by atoms with van der Waals surface area (Å²) in [5.74, 6) is 0.238. The van der Waals surface area contributed by atoms with Crippen LogP contribution in [-0.2, 0) is 9.84 Å². The van der Waals surface area contributed by atoms with Gasteiger partial charge in [0.25, 0.3) is 0 Å². The monoisotopic (exact) mass is 400 g/mol. The number of primary amides is 1. The normalized spacial score (nSPS) is 11.0. The number of rotatable bonds is 6. The fourth-order valence-electron chi connectivity index (χ4n) is 2.34. The number of ether oxygens (including phenoxy) is 2. The van der Waals surface area contributed by atoms with Crippen molar-refractivity contribution < 1.29 is 27.8 Å². The van der Waals surface area contributed by atoms with Crippen LogP contribution < -0.4 is 15.2 Å². The number of sulfone groups is 1. The van der Waals surface area contributed by atoms with Crippen LogP contribution in [0.4, 0.5) is 0 Å². The van der Waals surface area contributed by atoms with Crippen LogP contribution in [0.3, 0.4) is 0 Å². The maximum absolute atomic E-state index is 12.2. The number of carbonyl (C=O) groups is 1. The van der Waals surface area contributed by atoms with E-state index in [9.17, 15) is 18.3 Å². The highest BCUT2D eigenvalue weighted by Gasteiger charge is 2.17. The topological polar surface area (TPSA) is 129 Å². The average Bonchev–Trinajstić information content (AvgIpc) is 2.62. The summed E-state index contributed by atoms with van der Waals surface area (Å²) in [5.41, 5.74) is 5.50. The molecule has 3 aromatic rings. The number of aromatic hydroxyl groups is 1. The zero-order chi connectivity index (χ0) is 20.3. The lowest BCUT2D eigenvalue weighted by Crippen LogP contribution is -2.10. The van der Waals surface area contributed by atoms with Crippen LogP contribution in [0.25, 0.3) is 0 Å². The van der Waals surface area contributed by atoms with Crippen molar-refractivity contribution in [3.8, 4) is 28.7 Å². The third-order valence-electron chi connectivity index (χ3n) is 3.62. The summed E-state index contributed by atoms with van der Waals surface area (Å²) in [6.07, 6.45) is 3.67. The van der Waals surface area contributed by atoms with E-state index in [1.807, 2.05) is 0 Å². The van der Waals surface area contributed by atoms with Crippen LogP contribution in [0.2, 0.25) is 0 Å². The predicted molar refractivity (Wildman–Crippen MR) is 101 cm³/mol. The molecule has 0 saturated carbocycles. The van der Waals surface area contributed by atoms with E-state index in [0.29, 0.717) is 11.3 Å². The Morgan fingerprint density at radius 3 is 2.25 bits per heavy atom. The van der Waals surface area contributed by atoms with Gasteiger partial charge in [-0.15, -0.1) is 0 Å². The molecule has 0 radical (unpaired) electrons. The smallest absolute Gasteiger partial charge is 0.248 e. The number of aromatic nitrogens is 1. The fourth-order valence-corrected chi connectivity index (χ4v) is 3.14. The van der Waals surface area contributed by atoms with Crippen molar-refractivity contribution in [2.45, 2.75) is 4.90 Å². The highest BCUT2D eigenvalue weighted by Crippen LogP contribution is 2.34. The molecule has 0 aliphatic carbocycles. The third-order valence-corrected chi connectivity index (χ3v) is 4.73. The minimum absolute atomic E-state index is 0.0832. The summed E-state index contributed by atoms with van der Waals surface area (Å²) in [5, 5.41) is 9.45. The van der Waals surface area contributed by atoms with Crippen molar-refractivity contribution in [2.24, 2.45) is 5.73 Å². The lowest BCUT2D eigenvalue weighted by molar-refractivity contribution is 0.1000. The van der Waals surface area contributed by atoms with Gasteiger partial charge < -0.3 is 20.3 Å². The average molecular weight is 400 g/mol. The van der Waals surface area contributed by atoms with E-state index in [2.05, 4.69) is 4.98 Å². The molecule has 2 aromatic carbocycles. The summed E-state index contributed by atoms with van der Waals surface area (Å²) >= 11 is 0. The second-order valence-electron chi connectivity index (χ2n) is 5.85. The number of nitrogens with zero attached hydrogens (tertiary/aromatic N) is 1. The molecule has 0 aliphatic rings. The number of hydrogen-bond donors (Lipinski definition) is 2. The van der Waals surface area contributed by atoms with Crippen LogP contribution in [0.15, 0.2) is 65.8 Å². The minimum atomic E-state index is -3.64. The molecule has 28 heavy (non-hydrogen) atoms. The Hall–Kier alpha value is -3.59. The zero-order valence-electron chi connectivity index (χ0n) is 14.7. The second kappa shape index (κ2) is 7.57. The fraction of sp³-hybridized carbons (Fsp3) is 0.0526. The van der Waals surface area contributed by atoms with Gasteiger partial charge in [0.05, 0.1) is 12.4 Å². The standard InChI is InChI=1S/C19H16N2O6S/c1-28(24,25)18-9-15(26-16-8-13(22)10-21-11-16)6-7-17(18)27-14-4-2-12(3-5-14)19(20)23/h2-11,22H,1H3,(H2,20,23). The number of benzene rings is 2. The molecule has 3 rings (SSSR count). The van der Waals surface area contributed by atoms with Gasteiger partial charge in [0.15, 0.2) is 9.84 Å². The Morgan fingerprint density at radius 1 is 0.964 bits per heavy atom. The Morgan fingerprint density at radius 2 is 1.64 bits per heavy atom. The van der Waals surface area contributed by atoms with Gasteiger partial charge in [0.1, 0.15) is 33.6 Å². The molecule has 0 spiro atoms. The van der Waals surface area contributed by atoms with E-state index in [4.69, 9.17) is 15.2 Å². The van der Waals surface area contributed by atoms with Gasteiger partial charge in [-0.3, -0.25) is 9.78 Å². The van der Waals surface area contributed by atoms with Crippen molar-refractivity contribution in [3.63, 3.8) is 0 Å². The Bertz CT molecular complexity index is 1130. The van der Waals surface area contributed by atoms with E-state index in [-0.39, 0.29) is 27.9 Å². The number of hydrogen-bond acceptors (Lipinski definition) is 7. The molecule has 0 aliphatic heterocycles. The number of nitrogens with two attached hydrogens (primary N) is 1. The van der Waals surface area contributed by atoms with Crippen molar-refractivity contribution >= 4 is 15.7 Å². The molecule has 0 fully saturated rings. The van der Waals surface area contributed by atoms with Gasteiger partial charge in [-0.25, -0.2) is 8.42 Å². The van der Waals surface area contributed by atoms with Crippen LogP contribution in [0, 0.1) is 0 Å². The van der Waals surface area contributed by atoms with E-state index in [0.717, 1.165) is 6.26 Å². The van der Waals surface area contributed by atoms with Crippen LogP contribution >= 0.6 is 0 Å². The summed E-state index contributed by atoms with van der Waals surface area (Å²) in [6, 6.07) is 11.6. The lowest BCUT2D eigenvalue weighted by Gasteiger charge is -2.13. The quantitative estimate of drug-likeness (QED) is 0.651. The molecule has 1 heterocycles. The molecule has 3 N–H and O–H groups in total. The molecule has 9 heteroatoms. The molecule has 144 valence electrons. The summed E-state index contributed by atoms with van der Waals surface area (Å²) in [4.78, 5) is 14.8. The van der Waals surface area contributed by atoms with Crippen LogP contribution in [-0.4, -0.2) is 30.7 Å². The first-order valence-electron chi connectivity index (χ1n) is 7.96. The minimum Gasteiger partial charge on any atom is -0.506 e. The highest BCUT2D eigenvalue weighted by atomic mass is 32.2. The number of pyridine rings is 1. The van der Waals surface area contributed by atoms with Gasteiger partial charge in [-0.1, -0.05) is 0 Å². The van der Waals surface area contributed by atoms with Gasteiger partial charge >= 0.3 is 0 Å². The Labute approximate surface area is 161 Å². The summed E-state index contributed by atoms with van der Waals surface area (Å²) in [6.45, 7) is 0. The van der Waals surface area contributed by atoms with E-state index < -0.39 is 15.7 Å².